The molecule has 0 amide bonds. The second kappa shape index (κ2) is 3.35. The van der Waals surface area contributed by atoms with E-state index < -0.39 is 11.2 Å². The van der Waals surface area contributed by atoms with Gasteiger partial charge in [0.15, 0.2) is 5.67 Å². The minimum absolute atomic E-state index is 0.674. The van der Waals surface area contributed by atoms with Crippen molar-refractivity contribution in [1.29, 1.82) is 0 Å². The fourth-order valence-corrected chi connectivity index (χ4v) is 1.45. The predicted molar refractivity (Wildman–Crippen MR) is 57.9 cm³/mol. The standard InChI is InChI=1S/C12H18FN/c1-9-7-5-6-8-10(9)12(4,13)11(2,3)14/h5-8H,14H2,1-4H3. The van der Waals surface area contributed by atoms with Gasteiger partial charge in [-0.1, -0.05) is 24.3 Å². The van der Waals surface area contributed by atoms with E-state index in [-0.39, 0.29) is 0 Å². The van der Waals surface area contributed by atoms with Crippen molar-refractivity contribution >= 4 is 0 Å². The van der Waals surface area contributed by atoms with E-state index in [1.807, 2.05) is 25.1 Å². The van der Waals surface area contributed by atoms with Crippen molar-refractivity contribution in [2.24, 2.45) is 5.73 Å². The van der Waals surface area contributed by atoms with E-state index in [0.717, 1.165) is 5.56 Å². The highest BCUT2D eigenvalue weighted by molar-refractivity contribution is 5.33. The second-order valence-electron chi connectivity index (χ2n) is 4.54. The Kier molecular flexibility index (Phi) is 2.68. The molecule has 1 unspecified atom stereocenters. The average Bonchev–Trinajstić information content (AvgIpc) is 2.02. The molecule has 2 heteroatoms. The van der Waals surface area contributed by atoms with Crippen LogP contribution in [0.1, 0.15) is 31.9 Å². The molecule has 1 rings (SSSR count). The molecule has 0 fully saturated rings. The van der Waals surface area contributed by atoms with Gasteiger partial charge < -0.3 is 5.73 Å². The fraction of sp³-hybridized carbons (Fsp3) is 0.500. The summed E-state index contributed by atoms with van der Waals surface area (Å²) in [5.74, 6) is 0. The zero-order chi connectivity index (χ0) is 11.0. The number of halogens is 1. The van der Waals surface area contributed by atoms with Crippen molar-refractivity contribution < 1.29 is 4.39 Å². The Morgan fingerprint density at radius 1 is 1.14 bits per heavy atom. The summed E-state index contributed by atoms with van der Waals surface area (Å²) < 4.78 is 14.5. The Morgan fingerprint density at radius 2 is 1.64 bits per heavy atom. The maximum Gasteiger partial charge on any atom is 0.150 e. The third kappa shape index (κ3) is 1.80. The van der Waals surface area contributed by atoms with Crippen LogP contribution in [0.15, 0.2) is 24.3 Å². The second-order valence-corrected chi connectivity index (χ2v) is 4.54. The molecular weight excluding hydrogens is 177 g/mol. The lowest BCUT2D eigenvalue weighted by Crippen LogP contribution is -2.49. The molecule has 0 aliphatic rings. The molecule has 1 atom stereocenters. The Hall–Kier alpha value is -0.890. The first-order chi connectivity index (χ1) is 6.27. The number of alkyl halides is 1. The average molecular weight is 195 g/mol. The summed E-state index contributed by atoms with van der Waals surface area (Å²) in [5, 5.41) is 0. The summed E-state index contributed by atoms with van der Waals surface area (Å²) in [5.41, 5.74) is 5.08. The van der Waals surface area contributed by atoms with Crippen LogP contribution < -0.4 is 5.73 Å². The molecule has 1 aromatic carbocycles. The maximum atomic E-state index is 14.5. The van der Waals surface area contributed by atoms with Crippen molar-refractivity contribution in [2.45, 2.75) is 38.9 Å². The fourth-order valence-electron chi connectivity index (χ4n) is 1.45. The molecule has 0 spiro atoms. The minimum atomic E-state index is -1.50. The summed E-state index contributed by atoms with van der Waals surface area (Å²) in [7, 11) is 0. The molecule has 0 saturated heterocycles. The third-order valence-corrected chi connectivity index (χ3v) is 2.86. The number of hydrogen-bond donors (Lipinski definition) is 1. The van der Waals surface area contributed by atoms with Crippen molar-refractivity contribution in [3.63, 3.8) is 0 Å². The molecule has 0 aliphatic heterocycles. The molecule has 1 nitrogen and oxygen atoms in total. The number of benzene rings is 1. The van der Waals surface area contributed by atoms with E-state index in [1.54, 1.807) is 19.9 Å². The molecular formula is C12H18FN. The number of nitrogens with two attached hydrogens (primary N) is 1. The molecule has 0 aromatic heterocycles. The van der Waals surface area contributed by atoms with Gasteiger partial charge in [-0.15, -0.1) is 0 Å². The molecule has 0 radical (unpaired) electrons. The molecule has 0 saturated carbocycles. The molecule has 1 aromatic rings. The van der Waals surface area contributed by atoms with Crippen molar-refractivity contribution in [3.05, 3.63) is 35.4 Å². The van der Waals surface area contributed by atoms with Crippen LogP contribution in [0.25, 0.3) is 0 Å². The van der Waals surface area contributed by atoms with Crippen molar-refractivity contribution in [3.8, 4) is 0 Å². The van der Waals surface area contributed by atoms with Crippen LogP contribution in [0, 0.1) is 6.92 Å². The van der Waals surface area contributed by atoms with Gasteiger partial charge in [0.2, 0.25) is 0 Å². The first-order valence-corrected chi connectivity index (χ1v) is 4.81. The van der Waals surface area contributed by atoms with Crippen LogP contribution in [0.2, 0.25) is 0 Å². The Labute approximate surface area is 85.1 Å². The van der Waals surface area contributed by atoms with Gasteiger partial charge in [-0.3, -0.25) is 0 Å². The Balaban J connectivity index is 3.23. The normalized spacial score (nSPS) is 16.4. The van der Waals surface area contributed by atoms with Crippen LogP contribution in [0.5, 0.6) is 0 Å². The quantitative estimate of drug-likeness (QED) is 0.771. The van der Waals surface area contributed by atoms with Gasteiger partial charge in [-0.25, -0.2) is 4.39 Å². The van der Waals surface area contributed by atoms with Crippen molar-refractivity contribution in [1.82, 2.24) is 0 Å². The summed E-state index contributed by atoms with van der Waals surface area (Å²) in [6, 6.07) is 7.44. The molecule has 0 bridgehead atoms. The molecule has 0 heterocycles. The third-order valence-electron chi connectivity index (χ3n) is 2.86. The van der Waals surface area contributed by atoms with Crippen LogP contribution in [-0.4, -0.2) is 5.54 Å². The van der Waals surface area contributed by atoms with Gasteiger partial charge in [0.05, 0.1) is 0 Å². The van der Waals surface area contributed by atoms with Crippen LogP contribution >= 0.6 is 0 Å². The van der Waals surface area contributed by atoms with Gasteiger partial charge in [0, 0.05) is 5.54 Å². The lowest BCUT2D eigenvalue weighted by Gasteiger charge is -2.35. The van der Waals surface area contributed by atoms with Gasteiger partial charge in [0.25, 0.3) is 0 Å². The van der Waals surface area contributed by atoms with E-state index in [1.165, 1.54) is 6.92 Å². The van der Waals surface area contributed by atoms with E-state index in [0.29, 0.717) is 5.56 Å². The SMILES string of the molecule is Cc1ccccc1C(C)(F)C(C)(C)N. The zero-order valence-electron chi connectivity index (χ0n) is 9.26. The minimum Gasteiger partial charge on any atom is -0.323 e. The summed E-state index contributed by atoms with van der Waals surface area (Å²) >= 11 is 0. The van der Waals surface area contributed by atoms with Crippen molar-refractivity contribution in [2.75, 3.05) is 0 Å². The Morgan fingerprint density at radius 3 is 2.07 bits per heavy atom. The van der Waals surface area contributed by atoms with Crippen LogP contribution in [0.3, 0.4) is 0 Å². The topological polar surface area (TPSA) is 26.0 Å². The number of aryl methyl sites for hydroxylation is 1. The van der Waals surface area contributed by atoms with Gasteiger partial charge >= 0.3 is 0 Å². The summed E-state index contributed by atoms with van der Waals surface area (Å²) in [6.07, 6.45) is 0. The van der Waals surface area contributed by atoms with E-state index in [9.17, 15) is 4.39 Å². The highest BCUT2D eigenvalue weighted by atomic mass is 19.1. The first kappa shape index (κ1) is 11.2. The predicted octanol–water partition coefficient (Wildman–Crippen LogP) is 2.92. The molecule has 14 heavy (non-hydrogen) atoms. The lowest BCUT2D eigenvalue weighted by molar-refractivity contribution is 0.0948. The molecule has 2 N–H and O–H groups in total. The van der Waals surface area contributed by atoms with Gasteiger partial charge in [-0.05, 0) is 38.8 Å². The van der Waals surface area contributed by atoms with Gasteiger partial charge in [-0.2, -0.15) is 0 Å². The smallest absolute Gasteiger partial charge is 0.150 e. The largest absolute Gasteiger partial charge is 0.323 e. The van der Waals surface area contributed by atoms with Crippen LogP contribution in [0.4, 0.5) is 4.39 Å². The highest BCUT2D eigenvalue weighted by Crippen LogP contribution is 2.36. The van der Waals surface area contributed by atoms with Gasteiger partial charge in [0.1, 0.15) is 0 Å². The summed E-state index contributed by atoms with van der Waals surface area (Å²) in [6.45, 7) is 6.85. The molecule has 0 aliphatic carbocycles. The van der Waals surface area contributed by atoms with E-state index >= 15 is 0 Å². The summed E-state index contributed by atoms with van der Waals surface area (Å²) in [4.78, 5) is 0. The Bertz CT molecular complexity index is 323. The maximum absolute atomic E-state index is 14.5. The first-order valence-electron chi connectivity index (χ1n) is 4.81. The molecule has 78 valence electrons. The monoisotopic (exact) mass is 195 g/mol. The van der Waals surface area contributed by atoms with E-state index in [4.69, 9.17) is 5.73 Å². The highest BCUT2D eigenvalue weighted by Gasteiger charge is 2.40. The number of hydrogen-bond acceptors (Lipinski definition) is 1. The lowest BCUT2D eigenvalue weighted by atomic mass is 9.79. The van der Waals surface area contributed by atoms with E-state index in [2.05, 4.69) is 0 Å². The zero-order valence-corrected chi connectivity index (χ0v) is 9.26. The number of rotatable bonds is 2. The van der Waals surface area contributed by atoms with Crippen LogP contribution in [-0.2, 0) is 5.67 Å².